The minimum atomic E-state index is -0.156. The molecule has 1 aliphatic heterocycles. The number of nitrogens with one attached hydrogen (secondary N) is 1. The summed E-state index contributed by atoms with van der Waals surface area (Å²) in [6, 6.07) is 13.3. The van der Waals surface area contributed by atoms with Crippen molar-refractivity contribution in [1.29, 1.82) is 0 Å². The van der Waals surface area contributed by atoms with Gasteiger partial charge < -0.3 is 16.0 Å². The number of carbonyl (C=O) groups excluding carboxylic acids is 2. The zero-order valence-electron chi connectivity index (χ0n) is 17.3. The third-order valence-corrected chi connectivity index (χ3v) is 5.23. The predicted molar refractivity (Wildman–Crippen MR) is 121 cm³/mol. The van der Waals surface area contributed by atoms with E-state index in [2.05, 4.69) is 26.1 Å². The van der Waals surface area contributed by atoms with Crippen molar-refractivity contribution in [3.63, 3.8) is 0 Å². The molecule has 0 unspecified atom stereocenters. The Hall–Kier alpha value is -2.53. The summed E-state index contributed by atoms with van der Waals surface area (Å²) in [5.74, 6) is -0.147. The zero-order valence-corrected chi connectivity index (χ0v) is 18.1. The van der Waals surface area contributed by atoms with Crippen LogP contribution in [0.3, 0.4) is 0 Å². The lowest BCUT2D eigenvalue weighted by atomic mass is 9.87. The number of halogens is 1. The summed E-state index contributed by atoms with van der Waals surface area (Å²) in [5.41, 5.74) is 10.6. The van der Waals surface area contributed by atoms with Gasteiger partial charge in [0.25, 0.3) is 5.91 Å². The number of amides is 2. The number of nitrogen functional groups attached to an aromatic ring is 1. The van der Waals surface area contributed by atoms with Gasteiger partial charge in [-0.3, -0.25) is 9.59 Å². The van der Waals surface area contributed by atoms with Gasteiger partial charge in [-0.25, -0.2) is 0 Å². The maximum Gasteiger partial charge on any atom is 0.251 e. The molecule has 1 heterocycles. The quantitative estimate of drug-likeness (QED) is 0.738. The Morgan fingerprint density at radius 3 is 2.45 bits per heavy atom. The molecule has 1 aliphatic rings. The first-order valence-corrected chi connectivity index (χ1v) is 9.84. The molecule has 0 saturated heterocycles. The largest absolute Gasteiger partial charge is 0.398 e. The van der Waals surface area contributed by atoms with Gasteiger partial charge in [-0.15, -0.1) is 12.4 Å². The van der Waals surface area contributed by atoms with Gasteiger partial charge in [-0.2, -0.15) is 0 Å². The minimum absolute atomic E-state index is 0. The maximum absolute atomic E-state index is 12.7. The van der Waals surface area contributed by atoms with E-state index in [1.54, 1.807) is 4.90 Å². The zero-order chi connectivity index (χ0) is 20.3. The summed E-state index contributed by atoms with van der Waals surface area (Å²) in [6.07, 6.45) is 2.06. The van der Waals surface area contributed by atoms with E-state index in [9.17, 15) is 9.59 Å². The summed E-state index contributed by atoms with van der Waals surface area (Å²) in [4.78, 5) is 26.8. The molecule has 0 radical (unpaired) electrons. The fraction of sp³-hybridized carbons (Fsp3) is 0.391. The number of fused-ring (bicyclic) bond motifs is 1. The van der Waals surface area contributed by atoms with Crippen LogP contribution in [-0.4, -0.2) is 24.9 Å². The number of carbonyl (C=O) groups is 2. The van der Waals surface area contributed by atoms with Gasteiger partial charge >= 0.3 is 0 Å². The standard InChI is InChI=1S/C23H29N3O2.ClH/c1-23(2,3)17-11-9-16(10-12-17)22(28)25-14-13-21(27)26-15-5-6-18-19(24)7-4-8-20(18)26;/h4,7-12H,5-6,13-15,24H2,1-3H3,(H,25,28);1H. The van der Waals surface area contributed by atoms with Gasteiger partial charge in [0.05, 0.1) is 0 Å². The summed E-state index contributed by atoms with van der Waals surface area (Å²) < 4.78 is 0. The highest BCUT2D eigenvalue weighted by molar-refractivity contribution is 5.97. The Morgan fingerprint density at radius 2 is 1.79 bits per heavy atom. The number of anilines is 2. The molecule has 0 aromatic heterocycles. The number of hydrogen-bond donors (Lipinski definition) is 2. The highest BCUT2D eigenvalue weighted by Gasteiger charge is 2.23. The van der Waals surface area contributed by atoms with Crippen LogP contribution in [0, 0.1) is 0 Å². The van der Waals surface area contributed by atoms with Crippen molar-refractivity contribution < 1.29 is 9.59 Å². The first-order chi connectivity index (χ1) is 13.3. The fourth-order valence-corrected chi connectivity index (χ4v) is 3.55. The van der Waals surface area contributed by atoms with Gasteiger partial charge in [-0.05, 0) is 53.6 Å². The van der Waals surface area contributed by atoms with E-state index in [1.807, 2.05) is 42.5 Å². The monoisotopic (exact) mass is 415 g/mol. The maximum atomic E-state index is 12.7. The number of nitrogens with zero attached hydrogens (tertiary/aromatic N) is 1. The van der Waals surface area contributed by atoms with E-state index in [0.717, 1.165) is 29.8 Å². The molecule has 0 bridgehead atoms. The number of hydrogen-bond acceptors (Lipinski definition) is 3. The topological polar surface area (TPSA) is 75.4 Å². The van der Waals surface area contributed by atoms with Crippen molar-refractivity contribution in [2.75, 3.05) is 23.7 Å². The SMILES string of the molecule is CC(C)(C)c1ccc(C(=O)NCCC(=O)N2CCCc3c(N)cccc32)cc1.Cl. The van der Waals surface area contributed by atoms with E-state index >= 15 is 0 Å². The second kappa shape index (κ2) is 9.31. The van der Waals surface area contributed by atoms with Crippen molar-refractivity contribution in [2.45, 2.75) is 45.4 Å². The Bertz CT molecular complexity index is 873. The van der Waals surface area contributed by atoms with Crippen molar-refractivity contribution in [1.82, 2.24) is 5.32 Å². The van der Waals surface area contributed by atoms with E-state index in [4.69, 9.17) is 5.73 Å². The van der Waals surface area contributed by atoms with Gasteiger partial charge in [0.2, 0.25) is 5.91 Å². The van der Waals surface area contributed by atoms with Crippen LogP contribution in [0.15, 0.2) is 42.5 Å². The molecule has 2 aromatic rings. The lowest BCUT2D eigenvalue weighted by Gasteiger charge is -2.30. The summed E-state index contributed by atoms with van der Waals surface area (Å²) in [7, 11) is 0. The molecule has 0 atom stereocenters. The number of rotatable bonds is 4. The Labute approximate surface area is 179 Å². The molecule has 5 nitrogen and oxygen atoms in total. The lowest BCUT2D eigenvalue weighted by molar-refractivity contribution is -0.118. The minimum Gasteiger partial charge on any atom is -0.398 e. The van der Waals surface area contributed by atoms with E-state index in [-0.39, 0.29) is 36.1 Å². The van der Waals surface area contributed by atoms with Crippen LogP contribution in [0.1, 0.15) is 55.1 Å². The normalized spacial score (nSPS) is 13.3. The molecule has 0 saturated carbocycles. The van der Waals surface area contributed by atoms with Crippen LogP contribution in [-0.2, 0) is 16.6 Å². The average molecular weight is 416 g/mol. The van der Waals surface area contributed by atoms with E-state index in [1.165, 1.54) is 5.56 Å². The number of benzene rings is 2. The van der Waals surface area contributed by atoms with Crippen LogP contribution < -0.4 is 16.0 Å². The Balaban J connectivity index is 0.00000300. The smallest absolute Gasteiger partial charge is 0.251 e. The first-order valence-electron chi connectivity index (χ1n) is 9.84. The predicted octanol–water partition coefficient (Wildman–Crippen LogP) is 4.09. The second-order valence-corrected chi connectivity index (χ2v) is 8.33. The third kappa shape index (κ3) is 5.30. The average Bonchev–Trinajstić information content (AvgIpc) is 2.67. The molecule has 156 valence electrons. The summed E-state index contributed by atoms with van der Waals surface area (Å²) in [5, 5.41) is 2.85. The molecule has 2 aromatic carbocycles. The molecule has 2 amide bonds. The molecule has 6 heteroatoms. The highest BCUT2D eigenvalue weighted by Crippen LogP contribution is 2.31. The van der Waals surface area contributed by atoms with Crippen molar-refractivity contribution in [3.8, 4) is 0 Å². The van der Waals surface area contributed by atoms with Crippen molar-refractivity contribution >= 4 is 35.6 Å². The van der Waals surface area contributed by atoms with Crippen LogP contribution in [0.25, 0.3) is 0 Å². The Morgan fingerprint density at radius 1 is 1.10 bits per heavy atom. The van der Waals surface area contributed by atoms with Crippen LogP contribution in [0.5, 0.6) is 0 Å². The van der Waals surface area contributed by atoms with Gasteiger partial charge in [0.1, 0.15) is 0 Å². The van der Waals surface area contributed by atoms with Gasteiger partial charge in [0.15, 0.2) is 0 Å². The van der Waals surface area contributed by atoms with E-state index < -0.39 is 0 Å². The van der Waals surface area contributed by atoms with Crippen LogP contribution in [0.4, 0.5) is 11.4 Å². The lowest BCUT2D eigenvalue weighted by Crippen LogP contribution is -2.38. The summed E-state index contributed by atoms with van der Waals surface area (Å²) >= 11 is 0. The summed E-state index contributed by atoms with van der Waals surface area (Å²) in [6.45, 7) is 7.42. The van der Waals surface area contributed by atoms with Crippen molar-refractivity contribution in [2.24, 2.45) is 0 Å². The van der Waals surface area contributed by atoms with Crippen LogP contribution in [0.2, 0.25) is 0 Å². The molecule has 29 heavy (non-hydrogen) atoms. The highest BCUT2D eigenvalue weighted by atomic mass is 35.5. The van der Waals surface area contributed by atoms with E-state index in [0.29, 0.717) is 18.7 Å². The second-order valence-electron chi connectivity index (χ2n) is 8.33. The molecule has 3 rings (SSSR count). The molecular formula is C23H30ClN3O2. The molecule has 3 N–H and O–H groups in total. The Kier molecular flexibility index (Phi) is 7.31. The molecular weight excluding hydrogens is 386 g/mol. The van der Waals surface area contributed by atoms with Gasteiger partial charge in [-0.1, -0.05) is 39.0 Å². The van der Waals surface area contributed by atoms with Gasteiger partial charge in [0, 0.05) is 36.4 Å². The molecule has 0 fully saturated rings. The van der Waals surface area contributed by atoms with Crippen LogP contribution >= 0.6 is 12.4 Å². The fourth-order valence-electron chi connectivity index (χ4n) is 3.55. The van der Waals surface area contributed by atoms with Crippen molar-refractivity contribution in [3.05, 3.63) is 59.2 Å². The third-order valence-electron chi connectivity index (χ3n) is 5.23. The molecule has 0 spiro atoms. The molecule has 0 aliphatic carbocycles. The number of nitrogens with two attached hydrogens (primary N) is 1. The first kappa shape index (κ1) is 22.8.